The molecule has 0 saturated carbocycles. The van der Waals surface area contributed by atoms with Crippen molar-refractivity contribution < 1.29 is 4.79 Å². The lowest BCUT2D eigenvalue weighted by Gasteiger charge is -2.14. The number of aromatic amines is 1. The number of carbonyl (C=O) groups excluding carboxylic acids is 1. The molecule has 0 aliphatic rings. The molecule has 2 aromatic heterocycles. The molecule has 1 amide bonds. The number of aromatic nitrogens is 4. The molecule has 1 atom stereocenters. The smallest absolute Gasteiger partial charge is 0.253 e. The van der Waals surface area contributed by atoms with Crippen LogP contribution in [-0.2, 0) is 11.3 Å². The minimum atomic E-state index is -0.453. The third kappa shape index (κ3) is 5.32. The van der Waals surface area contributed by atoms with E-state index in [-0.39, 0.29) is 5.91 Å². The molecule has 8 nitrogen and oxygen atoms in total. The first kappa shape index (κ1) is 25.4. The minimum Gasteiger partial charge on any atom is -0.377 e. The zero-order valence-electron chi connectivity index (χ0n) is 21.8. The van der Waals surface area contributed by atoms with E-state index in [0.29, 0.717) is 11.7 Å². The fourth-order valence-electron chi connectivity index (χ4n) is 4.55. The molecule has 3 N–H and O–H groups in total. The molecule has 198 valence electrons. The summed E-state index contributed by atoms with van der Waals surface area (Å²) in [6, 6.07) is 32.3. The lowest BCUT2D eigenvalue weighted by atomic mass is 10.1. The number of amides is 1. The fraction of sp³-hybridized carbons (Fsp3) is 0.0968. The van der Waals surface area contributed by atoms with E-state index in [9.17, 15) is 4.79 Å². The third-order valence-electron chi connectivity index (χ3n) is 6.59. The van der Waals surface area contributed by atoms with Crippen LogP contribution in [0, 0.1) is 0 Å². The Morgan fingerprint density at radius 1 is 0.950 bits per heavy atom. The maximum Gasteiger partial charge on any atom is 0.253 e. The number of carbonyl (C=O) groups is 1. The van der Waals surface area contributed by atoms with Crippen LogP contribution in [-0.4, -0.2) is 37.1 Å². The molecule has 0 radical (unpaired) electrons. The number of hydrogen-bond acceptors (Lipinski definition) is 6. The largest absolute Gasteiger partial charge is 0.377 e. The van der Waals surface area contributed by atoms with Crippen molar-refractivity contribution >= 4 is 51.2 Å². The van der Waals surface area contributed by atoms with Crippen LogP contribution >= 0.6 is 11.8 Å². The van der Waals surface area contributed by atoms with Gasteiger partial charge >= 0.3 is 0 Å². The molecular formula is C31H27N7OS. The van der Waals surface area contributed by atoms with Crippen molar-refractivity contribution in [3.8, 4) is 5.69 Å². The second kappa shape index (κ2) is 11.5. The Hall–Kier alpha value is -4.89. The highest BCUT2D eigenvalue weighted by molar-refractivity contribution is 8.00. The molecule has 1 unspecified atom stereocenters. The van der Waals surface area contributed by atoms with Gasteiger partial charge in [0.05, 0.1) is 18.0 Å². The lowest BCUT2D eigenvalue weighted by Crippen LogP contribution is -2.27. The first-order valence-electron chi connectivity index (χ1n) is 12.9. The molecule has 0 saturated heterocycles. The van der Waals surface area contributed by atoms with Crippen molar-refractivity contribution in [1.29, 1.82) is 0 Å². The summed E-state index contributed by atoms with van der Waals surface area (Å²) >= 11 is 1.34. The van der Waals surface area contributed by atoms with Gasteiger partial charge in [0.1, 0.15) is 0 Å². The van der Waals surface area contributed by atoms with Crippen LogP contribution < -0.4 is 10.7 Å². The van der Waals surface area contributed by atoms with Crippen molar-refractivity contribution in [3.63, 3.8) is 0 Å². The van der Waals surface area contributed by atoms with Gasteiger partial charge in [-0.3, -0.25) is 9.36 Å². The highest BCUT2D eigenvalue weighted by atomic mass is 32.2. The zero-order valence-corrected chi connectivity index (χ0v) is 22.6. The van der Waals surface area contributed by atoms with Crippen molar-refractivity contribution in [2.75, 3.05) is 5.32 Å². The van der Waals surface area contributed by atoms with Crippen LogP contribution in [0.5, 0.6) is 0 Å². The van der Waals surface area contributed by atoms with Gasteiger partial charge in [-0.1, -0.05) is 84.6 Å². The molecule has 9 heteroatoms. The molecule has 40 heavy (non-hydrogen) atoms. The number of nitrogens with zero attached hydrogens (tertiary/aromatic N) is 4. The molecule has 0 spiro atoms. The van der Waals surface area contributed by atoms with E-state index in [4.69, 9.17) is 0 Å². The Morgan fingerprint density at radius 3 is 2.58 bits per heavy atom. The maximum absolute atomic E-state index is 12.9. The predicted octanol–water partition coefficient (Wildman–Crippen LogP) is 6.14. The molecule has 4 aromatic carbocycles. The van der Waals surface area contributed by atoms with Gasteiger partial charge in [0.15, 0.2) is 11.0 Å². The molecule has 0 fully saturated rings. The van der Waals surface area contributed by atoms with Crippen molar-refractivity contribution in [2.45, 2.75) is 23.9 Å². The number of nitrogens with one attached hydrogen (secondary N) is 3. The van der Waals surface area contributed by atoms with Crippen LogP contribution in [0.3, 0.4) is 0 Å². The highest BCUT2D eigenvalue weighted by Crippen LogP contribution is 2.28. The summed E-state index contributed by atoms with van der Waals surface area (Å²) in [6.07, 6.45) is 3.52. The molecular weight excluding hydrogens is 518 g/mol. The molecule has 2 heterocycles. The SMILES string of the molecule is CC(Sc1nnc(CNc2cccc3ccccc23)n1-c1ccccc1)C(=O)N/N=C/c1c[nH]c2ccccc12. The number of hydrogen-bond donors (Lipinski definition) is 3. The normalized spacial score (nSPS) is 12.2. The predicted molar refractivity (Wildman–Crippen MR) is 162 cm³/mol. The van der Waals surface area contributed by atoms with Crippen molar-refractivity contribution in [1.82, 2.24) is 25.2 Å². The number of benzene rings is 4. The van der Waals surface area contributed by atoms with Crippen molar-refractivity contribution in [3.05, 3.63) is 115 Å². The van der Waals surface area contributed by atoms with Crippen molar-refractivity contribution in [2.24, 2.45) is 5.10 Å². The van der Waals surface area contributed by atoms with Gasteiger partial charge < -0.3 is 10.3 Å². The Morgan fingerprint density at radius 2 is 1.70 bits per heavy atom. The van der Waals surface area contributed by atoms with Gasteiger partial charge in [-0.25, -0.2) is 5.43 Å². The Bertz CT molecular complexity index is 1800. The highest BCUT2D eigenvalue weighted by Gasteiger charge is 2.21. The number of fused-ring (bicyclic) bond motifs is 2. The Labute approximate surface area is 235 Å². The van der Waals surface area contributed by atoms with Crippen LogP contribution in [0.4, 0.5) is 5.69 Å². The summed E-state index contributed by atoms with van der Waals surface area (Å²) in [5.41, 5.74) is 6.54. The lowest BCUT2D eigenvalue weighted by molar-refractivity contribution is -0.120. The van der Waals surface area contributed by atoms with Gasteiger partial charge in [0, 0.05) is 39.4 Å². The average molecular weight is 546 g/mol. The molecule has 0 aliphatic heterocycles. The second-order valence-electron chi connectivity index (χ2n) is 9.23. The van der Waals surface area contributed by atoms with Gasteiger partial charge in [-0.15, -0.1) is 10.2 Å². The summed E-state index contributed by atoms with van der Waals surface area (Å²) in [5.74, 6) is 0.519. The van der Waals surface area contributed by atoms with E-state index in [1.807, 2.05) is 90.5 Å². The number of hydrazone groups is 1. The first-order chi connectivity index (χ1) is 19.7. The molecule has 0 bridgehead atoms. The summed E-state index contributed by atoms with van der Waals surface area (Å²) in [4.78, 5) is 16.1. The fourth-order valence-corrected chi connectivity index (χ4v) is 5.43. The van der Waals surface area contributed by atoms with E-state index in [2.05, 4.69) is 55.3 Å². The van der Waals surface area contributed by atoms with Gasteiger partial charge in [0.2, 0.25) is 0 Å². The molecule has 0 aliphatic carbocycles. The van der Waals surface area contributed by atoms with Gasteiger partial charge in [0.25, 0.3) is 5.91 Å². The van der Waals surface area contributed by atoms with Crippen LogP contribution in [0.15, 0.2) is 114 Å². The summed E-state index contributed by atoms with van der Waals surface area (Å²) < 4.78 is 1.99. The third-order valence-corrected chi connectivity index (χ3v) is 7.64. The standard InChI is InChI=1S/C31H27N7OS/c1-21(30(39)36-34-19-23-18-32-27-16-8-7-15-26(23)27)40-31-37-35-29(38(31)24-12-3-2-4-13-24)20-33-28-17-9-11-22-10-5-6-14-25(22)28/h2-19,21,32-33H,20H2,1H3,(H,36,39)/b34-19+. The number of H-pyrrole nitrogens is 1. The molecule has 6 rings (SSSR count). The topological polar surface area (TPSA) is 100.0 Å². The van der Waals surface area contributed by atoms with Gasteiger partial charge in [-0.2, -0.15) is 5.10 Å². The van der Waals surface area contributed by atoms with E-state index >= 15 is 0 Å². The number of thioether (sulfide) groups is 1. The van der Waals surface area contributed by atoms with Crippen LogP contribution in [0.1, 0.15) is 18.3 Å². The number of anilines is 1. The Kier molecular flexibility index (Phi) is 7.28. The van der Waals surface area contributed by atoms with Crippen LogP contribution in [0.25, 0.3) is 27.4 Å². The van der Waals surface area contributed by atoms with E-state index in [1.54, 1.807) is 6.21 Å². The van der Waals surface area contributed by atoms with E-state index in [0.717, 1.165) is 39.1 Å². The van der Waals surface area contributed by atoms with E-state index in [1.165, 1.54) is 17.1 Å². The van der Waals surface area contributed by atoms with E-state index < -0.39 is 5.25 Å². The summed E-state index contributed by atoms with van der Waals surface area (Å²) in [7, 11) is 0. The Balaban J connectivity index is 1.18. The summed E-state index contributed by atoms with van der Waals surface area (Å²) in [6.45, 7) is 2.30. The number of para-hydroxylation sites is 2. The molecule has 6 aromatic rings. The summed E-state index contributed by atoms with van der Waals surface area (Å²) in [5, 5.41) is 20.2. The van der Waals surface area contributed by atoms with Gasteiger partial charge in [-0.05, 0) is 36.6 Å². The monoisotopic (exact) mass is 545 g/mol. The minimum absolute atomic E-state index is 0.223. The van der Waals surface area contributed by atoms with Crippen LogP contribution in [0.2, 0.25) is 0 Å². The maximum atomic E-state index is 12.9. The zero-order chi connectivity index (χ0) is 27.3. The number of rotatable bonds is 9. The second-order valence-corrected chi connectivity index (χ2v) is 10.5. The average Bonchev–Trinajstić information content (AvgIpc) is 3.60. The first-order valence-corrected chi connectivity index (χ1v) is 13.8. The quantitative estimate of drug-likeness (QED) is 0.115.